The average molecular weight is 475 g/mol. The van der Waals surface area contributed by atoms with Gasteiger partial charge in [0, 0.05) is 18.0 Å². The molecule has 8 nitrogen and oxygen atoms in total. The molecular formula is C27H26N2O6. The number of carbonyl (C=O) groups excluding carboxylic acids is 2. The number of aliphatic hydroxyl groups is 1. The Kier molecular flexibility index (Phi) is 7.42. The lowest BCUT2D eigenvalue weighted by molar-refractivity contribution is -0.137. The van der Waals surface area contributed by atoms with E-state index in [1.54, 1.807) is 24.3 Å². The molecule has 1 aliphatic rings. The molecule has 1 atom stereocenters. The highest BCUT2D eigenvalue weighted by atomic mass is 16.5. The number of hydrogen-bond donors (Lipinski definition) is 4. The highest BCUT2D eigenvalue weighted by Crippen LogP contribution is 2.44. The summed E-state index contributed by atoms with van der Waals surface area (Å²) in [5.41, 5.74) is 5.35. The number of anilines is 1. The van der Waals surface area contributed by atoms with Gasteiger partial charge in [-0.3, -0.25) is 9.59 Å². The van der Waals surface area contributed by atoms with Crippen LogP contribution < -0.4 is 10.6 Å². The molecule has 0 fully saturated rings. The van der Waals surface area contributed by atoms with Crippen molar-refractivity contribution in [3.63, 3.8) is 0 Å². The van der Waals surface area contributed by atoms with E-state index in [4.69, 9.17) is 9.84 Å². The Labute approximate surface area is 202 Å². The van der Waals surface area contributed by atoms with E-state index in [9.17, 15) is 19.5 Å². The van der Waals surface area contributed by atoms with Crippen LogP contribution >= 0.6 is 0 Å². The number of aliphatic hydroxyl groups excluding tert-OH is 1. The van der Waals surface area contributed by atoms with E-state index in [1.165, 1.54) is 0 Å². The maximum absolute atomic E-state index is 12.8. The van der Waals surface area contributed by atoms with Crippen molar-refractivity contribution in [2.75, 3.05) is 11.9 Å². The molecule has 0 spiro atoms. The number of carboxylic acids is 1. The van der Waals surface area contributed by atoms with E-state index < -0.39 is 24.0 Å². The summed E-state index contributed by atoms with van der Waals surface area (Å²) in [6, 6.07) is 21.4. The lowest BCUT2D eigenvalue weighted by Crippen LogP contribution is -2.44. The maximum Gasteiger partial charge on any atom is 0.407 e. The smallest absolute Gasteiger partial charge is 0.407 e. The summed E-state index contributed by atoms with van der Waals surface area (Å²) in [7, 11) is 0. The normalized spacial score (nSPS) is 12.8. The van der Waals surface area contributed by atoms with Gasteiger partial charge in [-0.05, 0) is 46.4 Å². The van der Waals surface area contributed by atoms with Gasteiger partial charge in [0.15, 0.2) is 0 Å². The number of carboxylic acid groups (broad SMARTS) is 1. The topological polar surface area (TPSA) is 125 Å². The number of aliphatic carboxylic acids is 1. The van der Waals surface area contributed by atoms with Crippen LogP contribution in [0.5, 0.6) is 0 Å². The summed E-state index contributed by atoms with van der Waals surface area (Å²) >= 11 is 0. The summed E-state index contributed by atoms with van der Waals surface area (Å²) < 4.78 is 5.50. The number of hydrogen-bond acceptors (Lipinski definition) is 5. The molecule has 0 saturated heterocycles. The van der Waals surface area contributed by atoms with Crippen molar-refractivity contribution in [2.24, 2.45) is 0 Å². The fourth-order valence-corrected chi connectivity index (χ4v) is 4.30. The Morgan fingerprint density at radius 2 is 1.57 bits per heavy atom. The molecule has 35 heavy (non-hydrogen) atoms. The van der Waals surface area contributed by atoms with E-state index in [0.717, 1.165) is 22.3 Å². The Balaban J connectivity index is 1.42. The van der Waals surface area contributed by atoms with E-state index in [1.807, 2.05) is 48.5 Å². The van der Waals surface area contributed by atoms with Crippen LogP contribution in [-0.4, -0.2) is 40.8 Å². The second-order valence-corrected chi connectivity index (χ2v) is 8.30. The van der Waals surface area contributed by atoms with Gasteiger partial charge in [0.25, 0.3) is 0 Å². The third-order valence-corrected chi connectivity index (χ3v) is 5.98. The van der Waals surface area contributed by atoms with Crippen LogP contribution in [0.3, 0.4) is 0 Å². The molecule has 0 aliphatic heterocycles. The second kappa shape index (κ2) is 10.8. The molecule has 3 aromatic carbocycles. The van der Waals surface area contributed by atoms with Crippen molar-refractivity contribution in [1.29, 1.82) is 0 Å². The minimum Gasteiger partial charge on any atom is -0.481 e. The minimum absolute atomic E-state index is 0.0751. The first-order chi connectivity index (χ1) is 17.0. The second-order valence-electron chi connectivity index (χ2n) is 8.30. The number of alkyl carbamates (subject to hydrolysis) is 1. The van der Waals surface area contributed by atoms with Gasteiger partial charge >= 0.3 is 12.1 Å². The molecule has 4 rings (SSSR count). The zero-order valence-corrected chi connectivity index (χ0v) is 18.9. The van der Waals surface area contributed by atoms with Crippen LogP contribution in [0.2, 0.25) is 0 Å². The largest absolute Gasteiger partial charge is 0.481 e. The predicted molar refractivity (Wildman–Crippen MR) is 130 cm³/mol. The van der Waals surface area contributed by atoms with Crippen LogP contribution in [0.25, 0.3) is 11.1 Å². The standard InChI is InChI=1S/C27H26N2O6/c30-15-17-6-5-7-18(14-17)28-26(33)24(12-13-25(31)32)29-27(34)35-16-23-21-10-3-1-8-19(21)20-9-2-4-11-22(20)23/h1-11,14,23-24,30H,12-13,15-16H2,(H,28,33)(H,29,34)(H,31,32). The molecule has 0 radical (unpaired) electrons. The molecule has 1 unspecified atom stereocenters. The van der Waals surface area contributed by atoms with Gasteiger partial charge in [0.2, 0.25) is 5.91 Å². The van der Waals surface area contributed by atoms with Crippen molar-refractivity contribution in [2.45, 2.75) is 31.4 Å². The number of benzene rings is 3. The fraction of sp³-hybridized carbons (Fsp3) is 0.222. The first-order valence-electron chi connectivity index (χ1n) is 11.3. The number of nitrogens with one attached hydrogen (secondary N) is 2. The highest BCUT2D eigenvalue weighted by Gasteiger charge is 2.30. The van der Waals surface area contributed by atoms with Gasteiger partial charge < -0.3 is 25.6 Å². The third-order valence-electron chi connectivity index (χ3n) is 5.98. The van der Waals surface area contributed by atoms with Crippen LogP contribution in [0.4, 0.5) is 10.5 Å². The molecule has 3 aromatic rings. The van der Waals surface area contributed by atoms with E-state index >= 15 is 0 Å². The summed E-state index contributed by atoms with van der Waals surface area (Å²) in [4.78, 5) is 36.5. The maximum atomic E-state index is 12.8. The first-order valence-corrected chi connectivity index (χ1v) is 11.3. The molecule has 180 valence electrons. The molecule has 4 N–H and O–H groups in total. The molecule has 1 aliphatic carbocycles. The van der Waals surface area contributed by atoms with Gasteiger partial charge in [-0.1, -0.05) is 60.7 Å². The molecule has 0 saturated carbocycles. The monoisotopic (exact) mass is 474 g/mol. The van der Waals surface area contributed by atoms with Gasteiger partial charge in [-0.2, -0.15) is 0 Å². The number of carbonyl (C=O) groups is 3. The molecule has 0 aromatic heterocycles. The zero-order valence-electron chi connectivity index (χ0n) is 18.9. The van der Waals surface area contributed by atoms with Crippen molar-refractivity contribution in [3.8, 4) is 11.1 Å². The first kappa shape index (κ1) is 24.0. The summed E-state index contributed by atoms with van der Waals surface area (Å²) in [5.74, 6) is -1.80. The van der Waals surface area contributed by atoms with Crippen LogP contribution in [-0.2, 0) is 20.9 Å². The quantitative estimate of drug-likeness (QED) is 0.373. The molecular weight excluding hydrogens is 448 g/mol. The van der Waals surface area contributed by atoms with Gasteiger partial charge in [0.05, 0.1) is 6.61 Å². The van der Waals surface area contributed by atoms with E-state index in [0.29, 0.717) is 11.3 Å². The van der Waals surface area contributed by atoms with Crippen LogP contribution in [0.15, 0.2) is 72.8 Å². The van der Waals surface area contributed by atoms with Crippen LogP contribution in [0.1, 0.15) is 35.4 Å². The number of rotatable bonds is 9. The lowest BCUT2D eigenvalue weighted by Gasteiger charge is -2.19. The van der Waals surface area contributed by atoms with Crippen molar-refractivity contribution in [3.05, 3.63) is 89.5 Å². The molecule has 0 heterocycles. The zero-order chi connectivity index (χ0) is 24.8. The van der Waals surface area contributed by atoms with E-state index in [-0.39, 0.29) is 32.0 Å². The number of amides is 2. The molecule has 2 amide bonds. The Morgan fingerprint density at radius 1 is 0.914 bits per heavy atom. The minimum atomic E-state index is -1.11. The average Bonchev–Trinajstić information content (AvgIpc) is 3.19. The summed E-state index contributed by atoms with van der Waals surface area (Å²) in [6.07, 6.45) is -1.22. The third kappa shape index (κ3) is 5.67. The molecule has 0 bridgehead atoms. The fourth-order valence-electron chi connectivity index (χ4n) is 4.30. The summed E-state index contributed by atoms with van der Waals surface area (Å²) in [5, 5.41) is 23.5. The summed E-state index contributed by atoms with van der Waals surface area (Å²) in [6.45, 7) is -0.115. The lowest BCUT2D eigenvalue weighted by atomic mass is 9.98. The van der Waals surface area contributed by atoms with Crippen molar-refractivity contribution in [1.82, 2.24) is 5.32 Å². The van der Waals surface area contributed by atoms with Gasteiger partial charge in [-0.25, -0.2) is 4.79 Å². The Bertz CT molecular complexity index is 1200. The SMILES string of the molecule is O=C(O)CCC(NC(=O)OCC1c2ccccc2-c2ccccc21)C(=O)Nc1cccc(CO)c1. The number of fused-ring (bicyclic) bond motifs is 3. The Hall–Kier alpha value is -4.17. The van der Waals surface area contributed by atoms with E-state index in [2.05, 4.69) is 10.6 Å². The van der Waals surface area contributed by atoms with Gasteiger partial charge in [0.1, 0.15) is 12.6 Å². The van der Waals surface area contributed by atoms with Crippen molar-refractivity contribution >= 4 is 23.7 Å². The Morgan fingerprint density at radius 3 is 2.20 bits per heavy atom. The number of ether oxygens (including phenoxy) is 1. The predicted octanol–water partition coefficient (Wildman–Crippen LogP) is 3.89. The van der Waals surface area contributed by atoms with Crippen molar-refractivity contribution < 1.29 is 29.3 Å². The van der Waals surface area contributed by atoms with Crippen LogP contribution in [0, 0.1) is 0 Å². The highest BCUT2D eigenvalue weighted by molar-refractivity contribution is 5.96. The van der Waals surface area contributed by atoms with Gasteiger partial charge in [-0.15, -0.1) is 0 Å². The molecule has 8 heteroatoms.